The first-order chi connectivity index (χ1) is 23.8. The van der Waals surface area contributed by atoms with Crippen LogP contribution in [-0.4, -0.2) is 79.4 Å². The Balaban J connectivity index is 1.56. The van der Waals surface area contributed by atoms with Crippen molar-refractivity contribution >= 4 is 97.9 Å². The fourth-order valence-electron chi connectivity index (χ4n) is 5.97. The smallest absolute Gasteiger partial charge is 0.345 e. The highest BCUT2D eigenvalue weighted by molar-refractivity contribution is 8.26. The summed E-state index contributed by atoms with van der Waals surface area (Å²) in [7, 11) is 4.68. The van der Waals surface area contributed by atoms with Gasteiger partial charge in [0.15, 0.2) is 6.61 Å². The molecule has 3 aliphatic heterocycles. The standard InChI is InChI=1S/C34H30N2O10S4/c1-16-12-13-17-19(14-16)36(21(37)15-46-32-35-18-10-8-9-11-20(18)47-32)33(2,3)27-22(17)34(23(28(38)42-4)24(48-27)29(39)43-5)49-25(30(40)44-6)26(50-34)31(41)45-7/h8-14H,15H2,1-7H3. The van der Waals surface area contributed by atoms with Gasteiger partial charge in [0.1, 0.15) is 18.8 Å². The topological polar surface area (TPSA) is 148 Å². The predicted molar refractivity (Wildman–Crippen MR) is 192 cm³/mol. The van der Waals surface area contributed by atoms with E-state index in [-0.39, 0.29) is 26.9 Å². The molecule has 0 N–H and O–H groups in total. The summed E-state index contributed by atoms with van der Waals surface area (Å²) in [5, 5.41) is 0.332. The number of hydrogen-bond donors (Lipinski definition) is 0. The number of fused-ring (bicyclic) bond motifs is 4. The van der Waals surface area contributed by atoms with Gasteiger partial charge in [-0.25, -0.2) is 24.2 Å². The van der Waals surface area contributed by atoms with Crippen LogP contribution in [0, 0.1) is 6.92 Å². The number of aryl methyl sites for hydroxylation is 1. The largest absolute Gasteiger partial charge is 0.466 e. The predicted octanol–water partition coefficient (Wildman–Crippen LogP) is 5.60. The summed E-state index contributed by atoms with van der Waals surface area (Å²) in [5.41, 5.74) is 1.74. The van der Waals surface area contributed by atoms with Crippen LogP contribution in [0.1, 0.15) is 25.0 Å². The van der Waals surface area contributed by atoms with Crippen LogP contribution in [-0.2, 0) is 42.9 Å². The number of anilines is 1. The van der Waals surface area contributed by atoms with E-state index in [1.807, 2.05) is 57.2 Å². The van der Waals surface area contributed by atoms with Gasteiger partial charge in [-0.2, -0.15) is 0 Å². The molecule has 16 heteroatoms. The summed E-state index contributed by atoms with van der Waals surface area (Å²) >= 11 is 4.03. The number of carbonyl (C=O) groups excluding carboxylic acids is 5. The lowest BCUT2D eigenvalue weighted by molar-refractivity contribution is -0.138. The number of thioether (sulfide) groups is 3. The Kier molecular flexibility index (Phi) is 9.58. The number of thiazole rings is 1. The summed E-state index contributed by atoms with van der Waals surface area (Å²) in [6.07, 6.45) is 0. The maximum Gasteiger partial charge on any atom is 0.345 e. The van der Waals surface area contributed by atoms with Gasteiger partial charge in [0.05, 0.1) is 55.5 Å². The van der Waals surface area contributed by atoms with E-state index < -0.39 is 39.4 Å². The Morgan fingerprint density at radius 2 is 1.40 bits per heavy atom. The van der Waals surface area contributed by atoms with Crippen molar-refractivity contribution in [3.63, 3.8) is 0 Å². The number of rotatable bonds is 7. The molecule has 0 bridgehead atoms. The van der Waals surface area contributed by atoms with E-state index in [0.29, 0.717) is 26.9 Å². The number of esters is 4. The fraction of sp³-hybridized carbons (Fsp3) is 0.294. The van der Waals surface area contributed by atoms with Crippen molar-refractivity contribution in [2.75, 3.05) is 39.9 Å². The molecule has 50 heavy (non-hydrogen) atoms. The van der Waals surface area contributed by atoms with E-state index in [1.54, 1.807) is 11.0 Å². The minimum absolute atomic E-state index is 0.122. The van der Waals surface area contributed by atoms with Crippen molar-refractivity contribution in [3.05, 3.63) is 78.8 Å². The third-order valence-corrected chi connectivity index (χ3v) is 13.7. The van der Waals surface area contributed by atoms with Gasteiger partial charge >= 0.3 is 23.9 Å². The van der Waals surface area contributed by atoms with Crippen LogP contribution < -0.4 is 9.64 Å². The molecular formula is C34H30N2O10S4. The molecule has 6 rings (SSSR count). The van der Waals surface area contributed by atoms with Gasteiger partial charge in [0.2, 0.25) is 0 Å². The van der Waals surface area contributed by atoms with Crippen molar-refractivity contribution in [2.45, 2.75) is 30.4 Å². The van der Waals surface area contributed by atoms with Crippen LogP contribution in [0.4, 0.5) is 5.69 Å². The van der Waals surface area contributed by atoms with Crippen LogP contribution in [0.5, 0.6) is 5.19 Å². The fourth-order valence-corrected chi connectivity index (χ4v) is 11.8. The van der Waals surface area contributed by atoms with Crippen LogP contribution >= 0.6 is 46.6 Å². The number of benzene rings is 2. The van der Waals surface area contributed by atoms with E-state index in [4.69, 9.17) is 23.7 Å². The molecule has 1 amide bonds. The molecular weight excluding hydrogens is 725 g/mol. The van der Waals surface area contributed by atoms with Gasteiger partial charge < -0.3 is 23.7 Å². The molecule has 1 aromatic heterocycles. The number of hydrogen-bond acceptors (Lipinski definition) is 15. The first-order valence-corrected chi connectivity index (χ1v) is 18.1. The van der Waals surface area contributed by atoms with E-state index >= 15 is 0 Å². The second-order valence-corrected chi connectivity index (χ2v) is 16.2. The molecule has 0 radical (unpaired) electrons. The minimum atomic E-state index is -1.67. The molecule has 0 fully saturated rings. The Morgan fingerprint density at radius 1 is 0.800 bits per heavy atom. The average Bonchev–Trinajstić information content (AvgIpc) is 3.71. The monoisotopic (exact) mass is 754 g/mol. The second kappa shape index (κ2) is 13.5. The Morgan fingerprint density at radius 3 is 2.00 bits per heavy atom. The van der Waals surface area contributed by atoms with Gasteiger partial charge in [-0.05, 0) is 44.5 Å². The highest BCUT2D eigenvalue weighted by Gasteiger charge is 2.61. The highest BCUT2D eigenvalue weighted by Crippen LogP contribution is 2.71. The number of amides is 1. The van der Waals surface area contributed by atoms with E-state index in [0.717, 1.165) is 51.1 Å². The first-order valence-electron chi connectivity index (χ1n) is 14.9. The maximum atomic E-state index is 14.3. The van der Waals surface area contributed by atoms with Crippen LogP contribution in [0.25, 0.3) is 15.8 Å². The van der Waals surface area contributed by atoms with Crippen molar-refractivity contribution in [1.82, 2.24) is 4.98 Å². The molecule has 0 saturated carbocycles. The third kappa shape index (κ3) is 5.67. The van der Waals surface area contributed by atoms with E-state index in [1.165, 1.54) is 39.8 Å². The normalized spacial score (nSPS) is 17.4. The molecule has 4 heterocycles. The Hall–Kier alpha value is -4.25. The summed E-state index contributed by atoms with van der Waals surface area (Å²) in [6.45, 7) is 5.14. The van der Waals surface area contributed by atoms with Crippen LogP contribution in [0.2, 0.25) is 0 Å². The van der Waals surface area contributed by atoms with Crippen molar-refractivity contribution in [3.8, 4) is 5.19 Å². The van der Waals surface area contributed by atoms with Crippen molar-refractivity contribution < 1.29 is 47.7 Å². The van der Waals surface area contributed by atoms with E-state index in [2.05, 4.69) is 4.98 Å². The van der Waals surface area contributed by atoms with Crippen LogP contribution in [0.3, 0.4) is 0 Å². The zero-order valence-corrected chi connectivity index (χ0v) is 31.1. The molecule has 2 aromatic carbocycles. The van der Waals surface area contributed by atoms with Gasteiger partial charge in [-0.1, -0.05) is 70.9 Å². The molecule has 0 atom stereocenters. The second-order valence-electron chi connectivity index (χ2n) is 11.5. The number of para-hydroxylation sites is 1. The lowest BCUT2D eigenvalue weighted by Gasteiger charge is -2.50. The highest BCUT2D eigenvalue weighted by atomic mass is 32.2. The zero-order valence-electron chi connectivity index (χ0n) is 27.9. The molecule has 260 valence electrons. The lowest BCUT2D eigenvalue weighted by atomic mass is 9.83. The summed E-state index contributed by atoms with van der Waals surface area (Å²) in [5.74, 6) is -3.82. The number of ether oxygens (including phenoxy) is 5. The number of methoxy groups -OCH3 is 4. The summed E-state index contributed by atoms with van der Waals surface area (Å²) in [6, 6.07) is 13.0. The third-order valence-electron chi connectivity index (χ3n) is 8.14. The number of aromatic nitrogens is 1. The SMILES string of the molecule is COC(=O)C1=C(C(=O)OC)SC2(S1)C(C(=O)OC)=C(C(=O)OC)SC1=C2c2ccc(C)cc2N(C(=O)COc2nc3ccccc3s2)C1(C)C. The summed E-state index contributed by atoms with van der Waals surface area (Å²) in [4.78, 5) is 74.4. The van der Waals surface area contributed by atoms with Gasteiger partial charge in [-0.15, -0.1) is 0 Å². The molecule has 0 unspecified atom stereocenters. The Bertz CT molecular complexity index is 2040. The van der Waals surface area contributed by atoms with Gasteiger partial charge in [-0.3, -0.25) is 9.69 Å². The van der Waals surface area contributed by atoms with Gasteiger partial charge in [0, 0.05) is 16.0 Å². The summed E-state index contributed by atoms with van der Waals surface area (Å²) < 4.78 is 25.7. The Labute approximate surface area is 303 Å². The quantitative estimate of drug-likeness (QED) is 0.218. The first kappa shape index (κ1) is 35.6. The molecule has 0 aliphatic carbocycles. The van der Waals surface area contributed by atoms with Crippen LogP contribution in [0.15, 0.2) is 67.7 Å². The van der Waals surface area contributed by atoms with Gasteiger partial charge in [0.25, 0.3) is 11.1 Å². The lowest BCUT2D eigenvalue weighted by Crippen LogP contribution is -2.55. The average molecular weight is 755 g/mol. The molecule has 1 spiro atoms. The molecule has 3 aliphatic rings. The minimum Gasteiger partial charge on any atom is -0.466 e. The van der Waals surface area contributed by atoms with Crippen molar-refractivity contribution in [2.24, 2.45) is 0 Å². The molecule has 3 aromatic rings. The number of carbonyl (C=O) groups is 5. The number of nitrogens with zero attached hydrogens (tertiary/aromatic N) is 2. The molecule has 0 saturated heterocycles. The van der Waals surface area contributed by atoms with Crippen molar-refractivity contribution in [1.29, 1.82) is 0 Å². The zero-order chi connectivity index (χ0) is 36.1. The van der Waals surface area contributed by atoms with E-state index in [9.17, 15) is 24.0 Å². The maximum absolute atomic E-state index is 14.3. The molecule has 12 nitrogen and oxygen atoms in total.